The summed E-state index contributed by atoms with van der Waals surface area (Å²) in [6.07, 6.45) is 7.41. The van der Waals surface area contributed by atoms with Gasteiger partial charge in [-0.25, -0.2) is 9.78 Å². The summed E-state index contributed by atoms with van der Waals surface area (Å²) < 4.78 is 7.18. The molecule has 8 heteroatoms. The maximum Gasteiger partial charge on any atom is 0.315 e. The molecule has 2 N–H and O–H groups in total. The van der Waals surface area contributed by atoms with Gasteiger partial charge < -0.3 is 19.7 Å². The molecular formula is C17H26N6O2. The number of carbonyl (C=O) groups is 1. The van der Waals surface area contributed by atoms with Crippen molar-refractivity contribution < 1.29 is 9.32 Å². The van der Waals surface area contributed by atoms with E-state index in [1.54, 1.807) is 13.1 Å². The zero-order chi connectivity index (χ0) is 17.9. The van der Waals surface area contributed by atoms with E-state index in [1.165, 1.54) is 0 Å². The summed E-state index contributed by atoms with van der Waals surface area (Å²) in [5.41, 5.74) is -0.533. The average molecular weight is 346 g/mol. The number of imidazole rings is 1. The van der Waals surface area contributed by atoms with Crippen LogP contribution in [0.3, 0.4) is 0 Å². The number of urea groups is 1. The summed E-state index contributed by atoms with van der Waals surface area (Å²) in [5, 5.41) is 10.0. The van der Waals surface area contributed by atoms with Crippen LogP contribution in [0.2, 0.25) is 0 Å². The van der Waals surface area contributed by atoms with Crippen LogP contribution >= 0.6 is 0 Å². The van der Waals surface area contributed by atoms with Crippen LogP contribution in [0.4, 0.5) is 4.79 Å². The fourth-order valence-corrected chi connectivity index (χ4v) is 3.36. The molecule has 8 nitrogen and oxygen atoms in total. The second-order valence-electron chi connectivity index (χ2n) is 7.12. The Morgan fingerprint density at radius 2 is 2.16 bits per heavy atom. The number of rotatable bonds is 6. The maximum atomic E-state index is 12.5. The lowest BCUT2D eigenvalue weighted by molar-refractivity contribution is 0.220. The van der Waals surface area contributed by atoms with Gasteiger partial charge in [0.05, 0.1) is 6.54 Å². The van der Waals surface area contributed by atoms with E-state index in [-0.39, 0.29) is 6.03 Å². The smallest absolute Gasteiger partial charge is 0.315 e. The lowest BCUT2D eigenvalue weighted by atomic mass is 9.97. The first kappa shape index (κ1) is 17.4. The standard InChI is InChI=1S/C17H26N6O2/c1-12(2)11-23-9-8-18-14(23)10-19-16(24)21-17(6-4-5-7-17)15-20-13(3)25-22-15/h8-9,12H,4-7,10-11H2,1-3H3,(H2,19,21,24). The van der Waals surface area contributed by atoms with Gasteiger partial charge in [-0.1, -0.05) is 31.8 Å². The molecule has 2 amide bonds. The van der Waals surface area contributed by atoms with Gasteiger partial charge in [0.15, 0.2) is 5.82 Å². The van der Waals surface area contributed by atoms with Gasteiger partial charge >= 0.3 is 6.03 Å². The molecule has 2 aromatic heterocycles. The fraction of sp³-hybridized carbons (Fsp3) is 0.647. The second-order valence-corrected chi connectivity index (χ2v) is 7.12. The first-order valence-electron chi connectivity index (χ1n) is 8.85. The molecule has 1 aliphatic rings. The van der Waals surface area contributed by atoms with Crippen molar-refractivity contribution in [3.05, 3.63) is 29.9 Å². The van der Waals surface area contributed by atoms with Crippen molar-refractivity contribution in [2.45, 2.75) is 65.1 Å². The molecule has 2 aromatic rings. The normalized spacial score (nSPS) is 16.3. The molecule has 1 saturated carbocycles. The first-order valence-corrected chi connectivity index (χ1v) is 8.85. The van der Waals surface area contributed by atoms with Crippen LogP contribution < -0.4 is 10.6 Å². The number of aromatic nitrogens is 4. The van der Waals surface area contributed by atoms with Crippen LogP contribution in [0.25, 0.3) is 0 Å². The van der Waals surface area contributed by atoms with E-state index in [2.05, 4.69) is 44.2 Å². The van der Waals surface area contributed by atoms with Gasteiger partial charge in [-0.3, -0.25) is 0 Å². The Hall–Kier alpha value is -2.38. The molecule has 136 valence electrons. The number of hydrogen-bond acceptors (Lipinski definition) is 5. The van der Waals surface area contributed by atoms with Crippen molar-refractivity contribution in [1.29, 1.82) is 0 Å². The predicted octanol–water partition coefficient (Wildman–Crippen LogP) is 2.50. The van der Waals surface area contributed by atoms with Crippen LogP contribution in [0.15, 0.2) is 16.9 Å². The van der Waals surface area contributed by atoms with Gasteiger partial charge in [0.2, 0.25) is 5.89 Å². The van der Waals surface area contributed by atoms with E-state index >= 15 is 0 Å². The Balaban J connectivity index is 1.62. The Bertz CT molecular complexity index is 714. The van der Waals surface area contributed by atoms with E-state index in [0.29, 0.717) is 24.2 Å². The fourth-order valence-electron chi connectivity index (χ4n) is 3.36. The lowest BCUT2D eigenvalue weighted by Gasteiger charge is -2.26. The van der Waals surface area contributed by atoms with Gasteiger partial charge in [0, 0.05) is 25.9 Å². The van der Waals surface area contributed by atoms with Crippen molar-refractivity contribution >= 4 is 6.03 Å². The number of carbonyl (C=O) groups excluding carboxylic acids is 1. The maximum absolute atomic E-state index is 12.5. The Labute approximate surface area is 147 Å². The Kier molecular flexibility index (Phi) is 5.06. The molecule has 25 heavy (non-hydrogen) atoms. The number of aryl methyl sites for hydroxylation is 1. The molecule has 0 spiro atoms. The summed E-state index contributed by atoms with van der Waals surface area (Å²) in [5.74, 6) is 2.45. The van der Waals surface area contributed by atoms with Crippen molar-refractivity contribution in [2.75, 3.05) is 0 Å². The minimum Gasteiger partial charge on any atom is -0.340 e. The summed E-state index contributed by atoms with van der Waals surface area (Å²) in [6, 6.07) is -0.233. The van der Waals surface area contributed by atoms with E-state index in [9.17, 15) is 4.79 Å². The summed E-state index contributed by atoms with van der Waals surface area (Å²) in [6.45, 7) is 7.33. The molecule has 3 rings (SSSR count). The van der Waals surface area contributed by atoms with Gasteiger partial charge in [-0.15, -0.1) is 0 Å². The van der Waals surface area contributed by atoms with Crippen LogP contribution in [0.1, 0.15) is 57.1 Å². The van der Waals surface area contributed by atoms with Crippen LogP contribution in [-0.2, 0) is 18.6 Å². The highest BCUT2D eigenvalue weighted by Gasteiger charge is 2.41. The summed E-state index contributed by atoms with van der Waals surface area (Å²) in [4.78, 5) is 21.1. The van der Waals surface area contributed by atoms with Crippen LogP contribution in [0.5, 0.6) is 0 Å². The number of nitrogens with zero attached hydrogens (tertiary/aromatic N) is 4. The molecule has 0 unspecified atom stereocenters. The molecule has 0 bridgehead atoms. The monoisotopic (exact) mass is 346 g/mol. The van der Waals surface area contributed by atoms with Crippen molar-refractivity contribution in [2.24, 2.45) is 5.92 Å². The number of hydrogen-bond donors (Lipinski definition) is 2. The molecule has 2 heterocycles. The van der Waals surface area contributed by atoms with Crippen molar-refractivity contribution in [3.8, 4) is 0 Å². The van der Waals surface area contributed by atoms with Crippen LogP contribution in [0, 0.1) is 12.8 Å². The van der Waals surface area contributed by atoms with Gasteiger partial charge in [-0.2, -0.15) is 4.98 Å². The topological polar surface area (TPSA) is 97.9 Å². The highest BCUT2D eigenvalue weighted by molar-refractivity contribution is 5.74. The zero-order valence-electron chi connectivity index (χ0n) is 15.1. The van der Waals surface area contributed by atoms with E-state index < -0.39 is 5.54 Å². The van der Waals surface area contributed by atoms with E-state index in [1.807, 2.05) is 6.20 Å². The number of nitrogens with one attached hydrogen (secondary N) is 2. The minimum absolute atomic E-state index is 0.233. The Morgan fingerprint density at radius 1 is 1.40 bits per heavy atom. The third-order valence-electron chi connectivity index (χ3n) is 4.54. The molecule has 0 aliphatic heterocycles. The minimum atomic E-state index is -0.533. The third kappa shape index (κ3) is 4.00. The highest BCUT2D eigenvalue weighted by atomic mass is 16.5. The number of amides is 2. The SMILES string of the molecule is Cc1nc(C2(NC(=O)NCc3nccn3CC(C)C)CCCC2)no1. The van der Waals surface area contributed by atoms with Gasteiger partial charge in [-0.05, 0) is 18.8 Å². The first-order chi connectivity index (χ1) is 12.0. The predicted molar refractivity (Wildman–Crippen MR) is 91.6 cm³/mol. The third-order valence-corrected chi connectivity index (χ3v) is 4.54. The molecule has 1 aliphatic carbocycles. The Morgan fingerprint density at radius 3 is 2.80 bits per heavy atom. The van der Waals surface area contributed by atoms with Gasteiger partial charge in [0.25, 0.3) is 0 Å². The average Bonchev–Trinajstić information content (AvgIpc) is 3.27. The molecule has 0 aromatic carbocycles. The zero-order valence-corrected chi connectivity index (χ0v) is 15.1. The summed E-state index contributed by atoms with van der Waals surface area (Å²) in [7, 11) is 0. The van der Waals surface area contributed by atoms with Crippen LogP contribution in [-0.4, -0.2) is 25.7 Å². The van der Waals surface area contributed by atoms with E-state index in [0.717, 1.165) is 38.1 Å². The molecular weight excluding hydrogens is 320 g/mol. The van der Waals surface area contributed by atoms with E-state index in [4.69, 9.17) is 4.52 Å². The lowest BCUT2D eigenvalue weighted by Crippen LogP contribution is -2.49. The molecule has 1 fully saturated rings. The van der Waals surface area contributed by atoms with Crippen molar-refractivity contribution in [3.63, 3.8) is 0 Å². The highest BCUT2D eigenvalue weighted by Crippen LogP contribution is 2.37. The quantitative estimate of drug-likeness (QED) is 0.837. The molecule has 0 saturated heterocycles. The summed E-state index contributed by atoms with van der Waals surface area (Å²) >= 11 is 0. The second kappa shape index (κ2) is 7.25. The molecule has 0 radical (unpaired) electrons. The van der Waals surface area contributed by atoms with Crippen molar-refractivity contribution in [1.82, 2.24) is 30.3 Å². The largest absolute Gasteiger partial charge is 0.340 e. The van der Waals surface area contributed by atoms with Gasteiger partial charge in [0.1, 0.15) is 11.4 Å². The molecule has 0 atom stereocenters.